The highest BCUT2D eigenvalue weighted by atomic mass is 16.6. The average molecular weight is 676 g/mol. The van der Waals surface area contributed by atoms with Crippen molar-refractivity contribution in [1.29, 1.82) is 0 Å². The van der Waals surface area contributed by atoms with Crippen LogP contribution in [0.3, 0.4) is 0 Å². The highest BCUT2D eigenvalue weighted by molar-refractivity contribution is 6.01. The molecule has 6 rings (SSSR count). The van der Waals surface area contributed by atoms with Crippen molar-refractivity contribution in [3.63, 3.8) is 0 Å². The maximum absolute atomic E-state index is 13.7. The van der Waals surface area contributed by atoms with E-state index in [2.05, 4.69) is 52.2 Å². The number of nitrogens with zero attached hydrogens (tertiary/aromatic N) is 2. The smallest absolute Gasteiger partial charge is 0.341 e. The predicted molar refractivity (Wildman–Crippen MR) is 200 cm³/mol. The van der Waals surface area contributed by atoms with Gasteiger partial charge in [-0.3, -0.25) is 4.90 Å². The fourth-order valence-corrected chi connectivity index (χ4v) is 7.42. The molecule has 0 radical (unpaired) electrons. The quantitative estimate of drug-likeness (QED) is 0.150. The number of carboxylic acid groups (broad SMARTS) is 1. The number of esters is 1. The molecule has 1 atom stereocenters. The summed E-state index contributed by atoms with van der Waals surface area (Å²) in [6, 6.07) is 29.9. The van der Waals surface area contributed by atoms with Crippen molar-refractivity contribution in [3.8, 4) is 5.75 Å². The Morgan fingerprint density at radius 1 is 0.900 bits per heavy atom. The minimum absolute atomic E-state index is 0.0156. The van der Waals surface area contributed by atoms with Gasteiger partial charge in [-0.2, -0.15) is 0 Å². The molecule has 1 aliphatic heterocycles. The first-order valence-electron chi connectivity index (χ1n) is 17.2. The molecule has 0 bridgehead atoms. The van der Waals surface area contributed by atoms with Gasteiger partial charge in [-0.05, 0) is 107 Å². The standard InChI is InChI=1S/C34H30N2O5.C8H19N/c1-4-35-22(3)31(28-13-9-10-14-30(28)35)34(29-21-23(32(37)38)15-20-27(29)33(39)41-34)36(24-11-7-6-8-12-24)25-16-18-26(19-17-25)40-5-2;1-7(2,3)6-8(4,5)9/h6-21H,4-5H2,1-3H3,(H,37,38);6,9H2,1-5H3. The summed E-state index contributed by atoms with van der Waals surface area (Å²) in [5.41, 5.74) is 9.74. The molecule has 8 nitrogen and oxygen atoms in total. The van der Waals surface area contributed by atoms with E-state index in [1.165, 1.54) is 6.07 Å². The van der Waals surface area contributed by atoms with Crippen LogP contribution in [0, 0.1) is 12.3 Å². The summed E-state index contributed by atoms with van der Waals surface area (Å²) >= 11 is 0. The molecule has 1 aromatic heterocycles. The zero-order valence-electron chi connectivity index (χ0n) is 30.4. The summed E-state index contributed by atoms with van der Waals surface area (Å²) in [4.78, 5) is 27.9. The molecule has 0 saturated heterocycles. The Balaban J connectivity index is 0.000000478. The molecule has 0 aliphatic carbocycles. The SMILES string of the molecule is CC(C)(C)CC(C)(C)N.CCOc1ccc(N(c2ccccc2)C2(c3c(C)n(CC)c4ccccc34)OC(=O)c3ccc(C(=O)O)cc32)cc1. The lowest BCUT2D eigenvalue weighted by atomic mass is 9.82. The number of carbonyl (C=O) groups excluding carboxylic acids is 1. The number of anilines is 2. The number of benzene rings is 4. The van der Waals surface area contributed by atoms with Crippen LogP contribution >= 0.6 is 0 Å². The zero-order chi connectivity index (χ0) is 36.4. The predicted octanol–water partition coefficient (Wildman–Crippen LogP) is 9.44. The van der Waals surface area contributed by atoms with Crippen LogP contribution in [-0.4, -0.2) is 33.8 Å². The number of fused-ring (bicyclic) bond motifs is 2. The number of aromatic nitrogens is 1. The van der Waals surface area contributed by atoms with E-state index in [4.69, 9.17) is 15.2 Å². The molecule has 0 amide bonds. The lowest BCUT2D eigenvalue weighted by Crippen LogP contribution is -2.45. The molecule has 50 heavy (non-hydrogen) atoms. The molecular formula is C42H49N3O5. The first kappa shape index (κ1) is 36.2. The molecule has 1 aliphatic rings. The second kappa shape index (κ2) is 14.0. The van der Waals surface area contributed by atoms with Gasteiger partial charge < -0.3 is 24.9 Å². The zero-order valence-corrected chi connectivity index (χ0v) is 30.4. The Kier molecular flexibility index (Phi) is 10.2. The van der Waals surface area contributed by atoms with Gasteiger partial charge in [0.15, 0.2) is 0 Å². The van der Waals surface area contributed by atoms with Crippen LogP contribution in [0.1, 0.15) is 92.4 Å². The third-order valence-electron chi connectivity index (χ3n) is 8.70. The van der Waals surface area contributed by atoms with Gasteiger partial charge in [-0.25, -0.2) is 9.59 Å². The minimum atomic E-state index is -1.52. The maximum Gasteiger partial charge on any atom is 0.341 e. The highest BCUT2D eigenvalue weighted by Gasteiger charge is 2.55. The fraction of sp³-hybridized carbons (Fsp3) is 0.333. The van der Waals surface area contributed by atoms with Crippen LogP contribution in [-0.2, 0) is 17.0 Å². The number of nitrogens with two attached hydrogens (primary N) is 1. The largest absolute Gasteiger partial charge is 0.494 e. The van der Waals surface area contributed by atoms with E-state index in [9.17, 15) is 14.7 Å². The summed E-state index contributed by atoms with van der Waals surface area (Å²) in [5.74, 6) is -0.883. The molecule has 5 aromatic rings. The lowest BCUT2D eigenvalue weighted by Gasteiger charge is -2.42. The van der Waals surface area contributed by atoms with Crippen LogP contribution in [0.4, 0.5) is 11.4 Å². The second-order valence-corrected chi connectivity index (χ2v) is 14.6. The maximum atomic E-state index is 13.7. The van der Waals surface area contributed by atoms with Crippen molar-refractivity contribution < 1.29 is 24.2 Å². The normalized spacial score (nSPS) is 15.6. The van der Waals surface area contributed by atoms with E-state index in [1.54, 1.807) is 12.1 Å². The molecule has 0 fully saturated rings. The van der Waals surface area contributed by atoms with Gasteiger partial charge >= 0.3 is 11.9 Å². The Hall–Kier alpha value is -5.08. The number of aryl methyl sites for hydroxylation is 1. The molecular weight excluding hydrogens is 626 g/mol. The number of cyclic esters (lactones) is 1. The lowest BCUT2D eigenvalue weighted by molar-refractivity contribution is 0.0136. The van der Waals surface area contributed by atoms with Gasteiger partial charge in [0.2, 0.25) is 5.72 Å². The number of aromatic carboxylic acids is 1. The number of carboxylic acids is 1. The van der Waals surface area contributed by atoms with Gasteiger partial charge in [-0.1, -0.05) is 57.2 Å². The summed E-state index contributed by atoms with van der Waals surface area (Å²) in [7, 11) is 0. The van der Waals surface area contributed by atoms with Gasteiger partial charge in [0.05, 0.1) is 23.3 Å². The van der Waals surface area contributed by atoms with E-state index in [-0.39, 0.29) is 11.1 Å². The van der Waals surface area contributed by atoms with Crippen LogP contribution < -0.4 is 15.4 Å². The van der Waals surface area contributed by atoms with Crippen molar-refractivity contribution in [1.82, 2.24) is 4.57 Å². The monoisotopic (exact) mass is 675 g/mol. The Labute approximate surface area is 295 Å². The van der Waals surface area contributed by atoms with Crippen LogP contribution in [0.5, 0.6) is 5.75 Å². The van der Waals surface area contributed by atoms with Crippen molar-refractivity contribution in [2.75, 3.05) is 11.5 Å². The van der Waals surface area contributed by atoms with Crippen molar-refractivity contribution in [2.45, 2.75) is 79.6 Å². The van der Waals surface area contributed by atoms with E-state index in [1.807, 2.05) is 91.5 Å². The van der Waals surface area contributed by atoms with Gasteiger partial charge in [0.1, 0.15) is 5.75 Å². The number of ether oxygens (including phenoxy) is 2. The number of hydrogen-bond acceptors (Lipinski definition) is 6. The molecule has 2 heterocycles. The van der Waals surface area contributed by atoms with Gasteiger partial charge in [-0.15, -0.1) is 0 Å². The van der Waals surface area contributed by atoms with Crippen LogP contribution in [0.15, 0.2) is 97.1 Å². The molecule has 1 unspecified atom stereocenters. The fourth-order valence-electron chi connectivity index (χ4n) is 7.42. The topological polar surface area (TPSA) is 107 Å². The summed E-state index contributed by atoms with van der Waals surface area (Å²) in [6.45, 7) is 18.0. The van der Waals surface area contributed by atoms with Gasteiger partial charge in [0, 0.05) is 45.6 Å². The summed E-state index contributed by atoms with van der Waals surface area (Å²) in [6.07, 6.45) is 1.07. The van der Waals surface area contributed by atoms with Crippen LogP contribution in [0.2, 0.25) is 0 Å². The minimum Gasteiger partial charge on any atom is -0.494 e. The number of para-hydroxylation sites is 2. The molecule has 0 spiro atoms. The van der Waals surface area contributed by atoms with Crippen LogP contribution in [0.25, 0.3) is 10.9 Å². The molecule has 3 N–H and O–H groups in total. The Morgan fingerprint density at radius 2 is 1.52 bits per heavy atom. The number of hydrogen-bond donors (Lipinski definition) is 2. The Bertz CT molecular complexity index is 1970. The van der Waals surface area contributed by atoms with E-state index in [0.29, 0.717) is 35.4 Å². The van der Waals surface area contributed by atoms with Crippen molar-refractivity contribution in [2.24, 2.45) is 11.1 Å². The molecule has 0 saturated carbocycles. The van der Waals surface area contributed by atoms with Gasteiger partial charge in [0.25, 0.3) is 0 Å². The van der Waals surface area contributed by atoms with Crippen molar-refractivity contribution in [3.05, 3.63) is 125 Å². The van der Waals surface area contributed by atoms with Crippen molar-refractivity contribution >= 4 is 34.2 Å². The summed E-state index contributed by atoms with van der Waals surface area (Å²) < 4.78 is 14.5. The number of carbonyl (C=O) groups is 2. The molecule has 4 aromatic carbocycles. The molecule has 262 valence electrons. The summed E-state index contributed by atoms with van der Waals surface area (Å²) in [5, 5.41) is 10.9. The van der Waals surface area contributed by atoms with E-state index >= 15 is 0 Å². The molecule has 8 heteroatoms. The first-order valence-corrected chi connectivity index (χ1v) is 17.2. The first-order chi connectivity index (χ1) is 23.6. The third-order valence-corrected chi connectivity index (χ3v) is 8.70. The number of rotatable bonds is 9. The van der Waals surface area contributed by atoms with E-state index < -0.39 is 17.7 Å². The average Bonchev–Trinajstić information content (AvgIpc) is 3.50. The van der Waals surface area contributed by atoms with E-state index in [0.717, 1.165) is 40.0 Å². The second-order valence-electron chi connectivity index (χ2n) is 14.6. The highest BCUT2D eigenvalue weighted by Crippen LogP contribution is 2.53. The Morgan fingerprint density at radius 3 is 2.08 bits per heavy atom. The third kappa shape index (κ3) is 7.12.